The zero-order chi connectivity index (χ0) is 13.8. The van der Waals surface area contributed by atoms with Crippen LogP contribution in [0.2, 0.25) is 5.02 Å². The van der Waals surface area contributed by atoms with Gasteiger partial charge in [0.15, 0.2) is 0 Å². The molecule has 0 unspecified atom stereocenters. The van der Waals surface area contributed by atoms with Gasteiger partial charge in [-0.25, -0.2) is 0 Å². The van der Waals surface area contributed by atoms with Crippen molar-refractivity contribution in [3.8, 4) is 0 Å². The molecule has 3 atom stereocenters. The van der Waals surface area contributed by atoms with Crippen molar-refractivity contribution >= 4 is 23.2 Å². The van der Waals surface area contributed by atoms with E-state index in [1.807, 2.05) is 49.4 Å². The highest BCUT2D eigenvalue weighted by Crippen LogP contribution is 2.37. The number of hydrogen-bond acceptors (Lipinski definition) is 1. The zero-order valence-electron chi connectivity index (χ0n) is 10.6. The van der Waals surface area contributed by atoms with E-state index < -0.39 is 6.10 Å². The number of aliphatic hydroxyl groups excluding tert-OH is 1. The number of halogens is 2. The van der Waals surface area contributed by atoms with E-state index in [4.69, 9.17) is 23.2 Å². The predicted molar refractivity (Wildman–Crippen MR) is 80.6 cm³/mol. The van der Waals surface area contributed by atoms with Crippen LogP contribution in [-0.4, -0.2) is 5.11 Å². The molecule has 0 saturated carbocycles. The van der Waals surface area contributed by atoms with Crippen LogP contribution in [0.25, 0.3) is 0 Å². The minimum absolute atomic E-state index is 0.0924. The predicted octanol–water partition coefficient (Wildman–Crippen LogP) is 4.99. The van der Waals surface area contributed by atoms with Crippen molar-refractivity contribution < 1.29 is 5.11 Å². The number of aliphatic hydroxyl groups is 1. The lowest BCUT2D eigenvalue weighted by Gasteiger charge is -2.24. The second kappa shape index (κ2) is 6.42. The van der Waals surface area contributed by atoms with E-state index in [9.17, 15) is 5.11 Å². The maximum atomic E-state index is 10.4. The molecular weight excluding hydrogens is 279 g/mol. The zero-order valence-corrected chi connectivity index (χ0v) is 12.1. The summed E-state index contributed by atoms with van der Waals surface area (Å²) in [6.45, 7) is 1.95. The molecule has 0 aliphatic carbocycles. The molecule has 0 spiro atoms. The van der Waals surface area contributed by atoms with Crippen LogP contribution in [0.15, 0.2) is 54.6 Å². The van der Waals surface area contributed by atoms with E-state index in [0.29, 0.717) is 5.02 Å². The quantitative estimate of drug-likeness (QED) is 0.788. The Balaban J connectivity index is 2.15. The first-order valence-electron chi connectivity index (χ1n) is 6.22. The summed E-state index contributed by atoms with van der Waals surface area (Å²) in [5.41, 5.74) is 1.85. The Morgan fingerprint density at radius 3 is 2.05 bits per heavy atom. The van der Waals surface area contributed by atoms with Gasteiger partial charge in [0.05, 0.1) is 11.5 Å². The van der Waals surface area contributed by atoms with Gasteiger partial charge < -0.3 is 5.11 Å². The lowest BCUT2D eigenvalue weighted by Crippen LogP contribution is -2.14. The fourth-order valence-corrected chi connectivity index (χ4v) is 2.47. The fourth-order valence-electron chi connectivity index (χ4n) is 2.06. The van der Waals surface area contributed by atoms with Gasteiger partial charge in [-0.15, -0.1) is 11.6 Å². The third kappa shape index (κ3) is 3.50. The monoisotopic (exact) mass is 294 g/mol. The molecule has 0 heterocycles. The summed E-state index contributed by atoms with van der Waals surface area (Å²) in [5.74, 6) is -0.0924. The molecule has 2 aromatic rings. The maximum Gasteiger partial charge on any atom is 0.0832 e. The molecule has 100 valence electrons. The average Bonchev–Trinajstić information content (AvgIpc) is 2.46. The van der Waals surface area contributed by atoms with Gasteiger partial charge in [-0.05, 0) is 23.3 Å². The highest BCUT2D eigenvalue weighted by molar-refractivity contribution is 6.30. The first-order chi connectivity index (χ1) is 9.09. The molecule has 0 amide bonds. The second-order valence-electron chi connectivity index (χ2n) is 4.67. The van der Waals surface area contributed by atoms with Crippen LogP contribution in [0.3, 0.4) is 0 Å². The van der Waals surface area contributed by atoms with E-state index in [1.165, 1.54) is 0 Å². The minimum Gasteiger partial charge on any atom is -0.388 e. The SMILES string of the molecule is C[C@H]([C@@H](O)c1ccc(Cl)cc1)[C@@H](Cl)c1ccccc1. The van der Waals surface area contributed by atoms with Gasteiger partial charge in [-0.3, -0.25) is 0 Å². The third-order valence-electron chi connectivity index (χ3n) is 3.29. The van der Waals surface area contributed by atoms with Crippen molar-refractivity contribution in [3.63, 3.8) is 0 Å². The third-order valence-corrected chi connectivity index (χ3v) is 4.19. The number of rotatable bonds is 4. The Morgan fingerprint density at radius 1 is 0.895 bits per heavy atom. The Morgan fingerprint density at radius 2 is 1.47 bits per heavy atom. The largest absolute Gasteiger partial charge is 0.388 e. The standard InChI is InChI=1S/C16H16Cl2O/c1-11(15(18)12-5-3-2-4-6-12)16(19)13-7-9-14(17)10-8-13/h2-11,15-16,19H,1H3/t11-,15+,16+/m0/s1. The topological polar surface area (TPSA) is 20.2 Å². The molecule has 19 heavy (non-hydrogen) atoms. The second-order valence-corrected chi connectivity index (χ2v) is 5.57. The Hall–Kier alpha value is -1.02. The van der Waals surface area contributed by atoms with Crippen LogP contribution >= 0.6 is 23.2 Å². The Labute approximate surface area is 123 Å². The van der Waals surface area contributed by atoms with E-state index >= 15 is 0 Å². The van der Waals surface area contributed by atoms with Gasteiger partial charge in [-0.2, -0.15) is 0 Å². The summed E-state index contributed by atoms with van der Waals surface area (Å²) in [6.07, 6.45) is -0.611. The van der Waals surface area contributed by atoms with Gasteiger partial charge in [0, 0.05) is 10.9 Å². The van der Waals surface area contributed by atoms with Gasteiger partial charge >= 0.3 is 0 Å². The number of benzene rings is 2. The minimum atomic E-state index is -0.611. The smallest absolute Gasteiger partial charge is 0.0832 e. The van der Waals surface area contributed by atoms with Crippen LogP contribution < -0.4 is 0 Å². The highest BCUT2D eigenvalue weighted by Gasteiger charge is 2.24. The van der Waals surface area contributed by atoms with Crippen LogP contribution in [-0.2, 0) is 0 Å². The highest BCUT2D eigenvalue weighted by atomic mass is 35.5. The lowest BCUT2D eigenvalue weighted by molar-refractivity contribution is 0.115. The van der Waals surface area contributed by atoms with Gasteiger partial charge in [0.1, 0.15) is 0 Å². The summed E-state index contributed by atoms with van der Waals surface area (Å²) >= 11 is 12.3. The Bertz CT molecular complexity index is 510. The van der Waals surface area contributed by atoms with Crippen molar-refractivity contribution in [2.75, 3.05) is 0 Å². The molecule has 1 nitrogen and oxygen atoms in total. The number of alkyl halides is 1. The van der Waals surface area contributed by atoms with Crippen molar-refractivity contribution in [2.45, 2.75) is 18.4 Å². The van der Waals surface area contributed by atoms with E-state index in [0.717, 1.165) is 11.1 Å². The molecule has 2 rings (SSSR count). The van der Waals surface area contributed by atoms with Crippen LogP contribution in [0.1, 0.15) is 29.5 Å². The molecule has 0 bridgehead atoms. The van der Waals surface area contributed by atoms with Gasteiger partial charge in [0.25, 0.3) is 0 Å². The van der Waals surface area contributed by atoms with Crippen molar-refractivity contribution in [2.24, 2.45) is 5.92 Å². The van der Waals surface area contributed by atoms with E-state index in [-0.39, 0.29) is 11.3 Å². The van der Waals surface area contributed by atoms with Gasteiger partial charge in [0.2, 0.25) is 0 Å². The summed E-state index contributed by atoms with van der Waals surface area (Å²) in [4.78, 5) is 0. The normalized spacial score (nSPS) is 15.8. The Kier molecular flexibility index (Phi) is 4.87. The molecule has 0 aromatic heterocycles. The summed E-state index contributed by atoms with van der Waals surface area (Å²) in [6, 6.07) is 17.0. The molecule has 1 N–H and O–H groups in total. The molecule has 3 heteroatoms. The number of hydrogen-bond donors (Lipinski definition) is 1. The fraction of sp³-hybridized carbons (Fsp3) is 0.250. The molecule has 0 radical (unpaired) electrons. The van der Waals surface area contributed by atoms with E-state index in [1.54, 1.807) is 12.1 Å². The van der Waals surface area contributed by atoms with Crippen LogP contribution in [0.5, 0.6) is 0 Å². The van der Waals surface area contributed by atoms with E-state index in [2.05, 4.69) is 0 Å². The van der Waals surface area contributed by atoms with Gasteiger partial charge in [-0.1, -0.05) is 61.0 Å². The first kappa shape index (κ1) is 14.4. The molecule has 0 aliphatic rings. The lowest BCUT2D eigenvalue weighted by atomic mass is 9.91. The summed E-state index contributed by atoms with van der Waals surface area (Å²) in [5, 5.41) is 10.8. The van der Waals surface area contributed by atoms with Crippen molar-refractivity contribution in [1.29, 1.82) is 0 Å². The van der Waals surface area contributed by atoms with Crippen molar-refractivity contribution in [1.82, 2.24) is 0 Å². The average molecular weight is 295 g/mol. The first-order valence-corrected chi connectivity index (χ1v) is 7.03. The van der Waals surface area contributed by atoms with Crippen LogP contribution in [0.4, 0.5) is 0 Å². The van der Waals surface area contributed by atoms with Crippen LogP contribution in [0, 0.1) is 5.92 Å². The molecular formula is C16H16Cl2O. The molecule has 0 aliphatic heterocycles. The maximum absolute atomic E-state index is 10.4. The molecule has 2 aromatic carbocycles. The van der Waals surface area contributed by atoms with Crippen molar-refractivity contribution in [3.05, 3.63) is 70.7 Å². The molecule has 0 fully saturated rings. The summed E-state index contributed by atoms with van der Waals surface area (Å²) in [7, 11) is 0. The molecule has 0 saturated heterocycles. The summed E-state index contributed by atoms with van der Waals surface area (Å²) < 4.78 is 0.